The molecule has 9 nitrogen and oxygen atoms in total. The van der Waals surface area contributed by atoms with Crippen LogP contribution in [0.1, 0.15) is 36.0 Å². The van der Waals surface area contributed by atoms with Crippen molar-refractivity contribution < 1.29 is 14.0 Å². The van der Waals surface area contributed by atoms with E-state index in [1.165, 1.54) is 0 Å². The van der Waals surface area contributed by atoms with Crippen molar-refractivity contribution in [1.82, 2.24) is 25.4 Å². The SMILES string of the molecule is O=C(N[C@H]1CCN(C(=O)c2ccc3cn[nH]c3c2)C1)[C@@H]1CCCCN1c1nc2ccccc2o1. The van der Waals surface area contributed by atoms with Crippen LogP contribution in [0, 0.1) is 0 Å². The molecule has 2 saturated heterocycles. The van der Waals surface area contributed by atoms with Crippen molar-refractivity contribution in [2.75, 3.05) is 24.5 Å². The molecule has 2 N–H and O–H groups in total. The third kappa shape index (κ3) is 3.76. The molecule has 6 rings (SSSR count). The van der Waals surface area contributed by atoms with E-state index in [9.17, 15) is 9.59 Å². The van der Waals surface area contributed by atoms with E-state index in [0.29, 0.717) is 24.7 Å². The lowest BCUT2D eigenvalue weighted by molar-refractivity contribution is -0.123. The number of carbonyl (C=O) groups is 2. The summed E-state index contributed by atoms with van der Waals surface area (Å²) >= 11 is 0. The molecule has 174 valence electrons. The van der Waals surface area contributed by atoms with Crippen molar-refractivity contribution in [3.63, 3.8) is 0 Å². The highest BCUT2D eigenvalue weighted by Gasteiger charge is 2.35. The van der Waals surface area contributed by atoms with Gasteiger partial charge in [-0.2, -0.15) is 10.1 Å². The maximum absolute atomic E-state index is 13.3. The second kappa shape index (κ2) is 8.48. The number of H-pyrrole nitrogens is 1. The fraction of sp³-hybridized carbons (Fsp3) is 0.360. The summed E-state index contributed by atoms with van der Waals surface area (Å²) in [5, 5.41) is 11.1. The van der Waals surface area contributed by atoms with Gasteiger partial charge in [-0.1, -0.05) is 18.2 Å². The zero-order chi connectivity index (χ0) is 23.1. The third-order valence-electron chi connectivity index (χ3n) is 6.84. The molecule has 34 heavy (non-hydrogen) atoms. The highest BCUT2D eigenvalue weighted by Crippen LogP contribution is 2.28. The van der Waals surface area contributed by atoms with Crippen molar-refractivity contribution in [2.24, 2.45) is 0 Å². The molecule has 0 aliphatic carbocycles. The number of aromatic nitrogens is 3. The minimum absolute atomic E-state index is 0.0277. The number of rotatable bonds is 4. The molecule has 2 fully saturated rings. The molecular weight excluding hydrogens is 432 g/mol. The average Bonchev–Trinajstić information content (AvgIpc) is 3.62. The van der Waals surface area contributed by atoms with Crippen molar-refractivity contribution in [3.05, 3.63) is 54.2 Å². The lowest BCUT2D eigenvalue weighted by Gasteiger charge is -2.34. The Morgan fingerprint density at radius 2 is 2.00 bits per heavy atom. The van der Waals surface area contributed by atoms with E-state index < -0.39 is 0 Å². The molecule has 2 atom stereocenters. The summed E-state index contributed by atoms with van der Waals surface area (Å²) in [5.74, 6) is -0.0563. The van der Waals surface area contributed by atoms with Gasteiger partial charge in [0.15, 0.2) is 5.58 Å². The molecule has 2 amide bonds. The molecule has 4 aromatic rings. The molecule has 4 heterocycles. The molecule has 2 aromatic carbocycles. The van der Waals surface area contributed by atoms with Gasteiger partial charge in [-0.05, 0) is 49.9 Å². The van der Waals surface area contributed by atoms with Crippen LogP contribution < -0.4 is 10.2 Å². The number of carbonyl (C=O) groups excluding carboxylic acids is 2. The molecule has 2 aliphatic heterocycles. The molecule has 0 saturated carbocycles. The minimum Gasteiger partial charge on any atom is -0.423 e. The van der Waals surface area contributed by atoms with Crippen LogP contribution in [-0.2, 0) is 4.79 Å². The number of likely N-dealkylation sites (tertiary alicyclic amines) is 1. The number of piperidine rings is 1. The van der Waals surface area contributed by atoms with Crippen molar-refractivity contribution in [3.8, 4) is 0 Å². The van der Waals surface area contributed by atoms with Crippen LogP contribution >= 0.6 is 0 Å². The van der Waals surface area contributed by atoms with Gasteiger partial charge in [-0.25, -0.2) is 0 Å². The van der Waals surface area contributed by atoms with Crippen LogP contribution in [0.5, 0.6) is 0 Å². The lowest BCUT2D eigenvalue weighted by atomic mass is 10.0. The first-order valence-electron chi connectivity index (χ1n) is 11.8. The molecule has 9 heteroatoms. The Hall–Kier alpha value is -3.88. The minimum atomic E-state index is -0.325. The first-order valence-corrected chi connectivity index (χ1v) is 11.8. The number of fused-ring (bicyclic) bond motifs is 2. The van der Waals surface area contributed by atoms with Crippen molar-refractivity contribution >= 4 is 39.8 Å². The third-order valence-corrected chi connectivity index (χ3v) is 6.84. The molecule has 0 spiro atoms. The van der Waals surface area contributed by atoms with Gasteiger partial charge in [-0.15, -0.1) is 0 Å². The molecule has 0 bridgehead atoms. The summed E-state index contributed by atoms with van der Waals surface area (Å²) in [6.07, 6.45) is 5.21. The summed E-state index contributed by atoms with van der Waals surface area (Å²) in [6, 6.07) is 13.3. The zero-order valence-corrected chi connectivity index (χ0v) is 18.7. The predicted molar refractivity (Wildman–Crippen MR) is 128 cm³/mol. The maximum atomic E-state index is 13.3. The standard InChI is InChI=1S/C25H26N6O3/c32-23(21-6-3-4-11-31(21)25-28-19-5-1-2-7-22(19)34-25)27-18-10-12-30(15-18)24(33)16-8-9-17-14-26-29-20(17)13-16/h1-2,5,7-9,13-14,18,21H,3-4,6,10-12,15H2,(H,26,29)(H,27,32)/t18-,21-/m0/s1. The first kappa shape index (κ1) is 20.7. The molecule has 2 aromatic heterocycles. The van der Waals surface area contributed by atoms with Crippen LogP contribution in [-0.4, -0.2) is 63.6 Å². The molecule has 0 radical (unpaired) electrons. The predicted octanol–water partition coefficient (Wildman–Crippen LogP) is 3.09. The van der Waals surface area contributed by atoms with E-state index in [4.69, 9.17) is 4.42 Å². The number of aromatic amines is 1. The number of nitrogens with one attached hydrogen (secondary N) is 2. The Balaban J connectivity index is 1.12. The van der Waals surface area contributed by atoms with Crippen molar-refractivity contribution in [2.45, 2.75) is 37.8 Å². The second-order valence-corrected chi connectivity index (χ2v) is 9.09. The Bertz CT molecular complexity index is 1330. The van der Waals surface area contributed by atoms with E-state index in [1.807, 2.05) is 52.3 Å². The smallest absolute Gasteiger partial charge is 0.299 e. The molecular formula is C25H26N6O3. The first-order chi connectivity index (χ1) is 16.7. The summed E-state index contributed by atoms with van der Waals surface area (Å²) < 4.78 is 5.96. The number of hydrogen-bond acceptors (Lipinski definition) is 6. The Morgan fingerprint density at radius 1 is 1.09 bits per heavy atom. The number of benzene rings is 2. The average molecular weight is 459 g/mol. The van der Waals surface area contributed by atoms with Crippen LogP contribution in [0.3, 0.4) is 0 Å². The largest absolute Gasteiger partial charge is 0.423 e. The number of para-hydroxylation sites is 2. The lowest BCUT2D eigenvalue weighted by Crippen LogP contribution is -2.52. The monoisotopic (exact) mass is 458 g/mol. The summed E-state index contributed by atoms with van der Waals surface area (Å²) in [4.78, 5) is 34.7. The van der Waals surface area contributed by atoms with Crippen LogP contribution in [0.15, 0.2) is 53.1 Å². The van der Waals surface area contributed by atoms with E-state index in [1.54, 1.807) is 6.20 Å². The fourth-order valence-corrected chi connectivity index (χ4v) is 5.03. The second-order valence-electron chi connectivity index (χ2n) is 9.09. The van der Waals surface area contributed by atoms with Crippen molar-refractivity contribution in [1.29, 1.82) is 0 Å². The Morgan fingerprint density at radius 3 is 2.91 bits per heavy atom. The van der Waals surface area contributed by atoms with Crippen LogP contribution in [0.4, 0.5) is 6.01 Å². The van der Waals surface area contributed by atoms with Crippen LogP contribution in [0.2, 0.25) is 0 Å². The summed E-state index contributed by atoms with van der Waals surface area (Å²) in [5.41, 5.74) is 2.98. The van der Waals surface area contributed by atoms with E-state index in [-0.39, 0.29) is 23.9 Å². The van der Waals surface area contributed by atoms with Gasteiger partial charge in [0.05, 0.1) is 11.7 Å². The number of oxazole rings is 1. The number of hydrogen-bond donors (Lipinski definition) is 2. The van der Waals surface area contributed by atoms with Gasteiger partial charge in [0.1, 0.15) is 11.6 Å². The van der Waals surface area contributed by atoms with E-state index in [2.05, 4.69) is 20.5 Å². The van der Waals surface area contributed by atoms with Gasteiger partial charge >= 0.3 is 0 Å². The highest BCUT2D eigenvalue weighted by atomic mass is 16.4. The summed E-state index contributed by atoms with van der Waals surface area (Å²) in [6.45, 7) is 1.85. The Labute approximate surface area is 196 Å². The van der Waals surface area contributed by atoms with Crippen LogP contribution in [0.25, 0.3) is 22.0 Å². The number of anilines is 1. The van der Waals surface area contributed by atoms with Gasteiger partial charge in [0.25, 0.3) is 11.9 Å². The van der Waals surface area contributed by atoms with Gasteiger partial charge in [0, 0.05) is 36.6 Å². The number of amides is 2. The topological polar surface area (TPSA) is 107 Å². The van der Waals surface area contributed by atoms with Gasteiger partial charge in [0.2, 0.25) is 5.91 Å². The fourth-order valence-electron chi connectivity index (χ4n) is 5.03. The molecule has 0 unspecified atom stereocenters. The molecule has 2 aliphatic rings. The highest BCUT2D eigenvalue weighted by molar-refractivity contribution is 5.98. The normalized spacial score (nSPS) is 20.8. The number of nitrogens with zero attached hydrogens (tertiary/aromatic N) is 4. The summed E-state index contributed by atoms with van der Waals surface area (Å²) in [7, 11) is 0. The quantitative estimate of drug-likeness (QED) is 0.487. The van der Waals surface area contributed by atoms with E-state index >= 15 is 0 Å². The Kier molecular flexibility index (Phi) is 5.16. The zero-order valence-electron chi connectivity index (χ0n) is 18.7. The van der Waals surface area contributed by atoms with Gasteiger partial charge in [-0.3, -0.25) is 14.7 Å². The van der Waals surface area contributed by atoms with E-state index in [0.717, 1.165) is 54.2 Å². The maximum Gasteiger partial charge on any atom is 0.299 e. The van der Waals surface area contributed by atoms with Gasteiger partial charge < -0.3 is 19.5 Å².